The molecule has 0 saturated carbocycles. The summed E-state index contributed by atoms with van der Waals surface area (Å²) in [5.41, 5.74) is 19.2. The molecule has 28 heteroatoms. The topological polar surface area (TPSA) is 456 Å². The number of thioether (sulfide) groups is 1. The summed E-state index contributed by atoms with van der Waals surface area (Å²) in [5.74, 6) is -11.8. The lowest BCUT2D eigenvalue weighted by atomic mass is 10.0. The first-order valence-corrected chi connectivity index (χ1v) is 26.9. The maximum atomic E-state index is 14.4. The minimum absolute atomic E-state index is 0.0146. The van der Waals surface area contributed by atoms with E-state index in [9.17, 15) is 67.7 Å². The second-order valence-electron chi connectivity index (χ2n) is 18.8. The number of amides is 10. The molecule has 3 aromatic carbocycles. The average Bonchev–Trinajstić information content (AvgIpc) is 3.84. The second-order valence-corrected chi connectivity index (χ2v) is 19.8. The number of benzene rings is 3. The third-order valence-corrected chi connectivity index (χ3v) is 13.1. The molecule has 1 aromatic heterocycles. The van der Waals surface area contributed by atoms with Crippen LogP contribution in [0.4, 0.5) is 0 Å². The number of carboxylic acids is 2. The molecular weight excluding hydrogens is 1080 g/mol. The molecule has 81 heavy (non-hydrogen) atoms. The van der Waals surface area contributed by atoms with Gasteiger partial charge in [-0.3, -0.25) is 57.5 Å². The van der Waals surface area contributed by atoms with Gasteiger partial charge in [-0.15, -0.1) is 0 Å². The number of H-pyrrole nitrogens is 1. The first-order valence-electron chi connectivity index (χ1n) is 25.5. The maximum absolute atomic E-state index is 14.4. The lowest BCUT2D eigenvalue weighted by Gasteiger charge is -2.26. The molecule has 18 N–H and O–H groups in total. The van der Waals surface area contributed by atoms with E-state index in [0.717, 1.165) is 0 Å². The van der Waals surface area contributed by atoms with Crippen LogP contribution in [0.25, 0.3) is 10.9 Å². The molecule has 0 spiro atoms. The number of aromatic nitrogens is 1. The van der Waals surface area contributed by atoms with E-state index < -0.39 is 152 Å². The summed E-state index contributed by atoms with van der Waals surface area (Å²) >= 11 is 1.32. The highest BCUT2D eigenvalue weighted by Crippen LogP contribution is 2.20. The van der Waals surface area contributed by atoms with Crippen molar-refractivity contribution in [1.29, 1.82) is 0 Å². The first-order chi connectivity index (χ1) is 38.4. The number of hydrogen-bond donors (Lipinski definition) is 15. The zero-order valence-corrected chi connectivity index (χ0v) is 45.2. The van der Waals surface area contributed by atoms with Crippen LogP contribution in [0, 0.1) is 0 Å². The number of para-hydroxylation sites is 1. The van der Waals surface area contributed by atoms with Gasteiger partial charge in [0.2, 0.25) is 59.1 Å². The Balaban J connectivity index is 1.53. The number of primary amides is 2. The second kappa shape index (κ2) is 32.1. The van der Waals surface area contributed by atoms with Crippen molar-refractivity contribution < 1.29 is 72.9 Å². The number of phenols is 1. The Morgan fingerprint density at radius 3 is 1.72 bits per heavy atom. The zero-order valence-electron chi connectivity index (χ0n) is 44.4. The van der Waals surface area contributed by atoms with Gasteiger partial charge in [-0.05, 0) is 73.1 Å². The molecule has 0 saturated heterocycles. The smallest absolute Gasteiger partial charge is 0.303 e. The normalized spacial score (nSPS) is 13.9. The molecular formula is C53H68N12O15S. The van der Waals surface area contributed by atoms with Gasteiger partial charge in [0, 0.05) is 49.2 Å². The Bertz CT molecular complexity index is 2890. The lowest BCUT2D eigenvalue weighted by Crippen LogP contribution is -2.59. The fourth-order valence-electron chi connectivity index (χ4n) is 8.05. The number of carbonyl (C=O) groups is 12. The van der Waals surface area contributed by atoms with Crippen LogP contribution in [0.2, 0.25) is 0 Å². The van der Waals surface area contributed by atoms with E-state index in [4.69, 9.17) is 22.3 Å². The first kappa shape index (κ1) is 64.5. The van der Waals surface area contributed by atoms with Crippen molar-refractivity contribution in [3.63, 3.8) is 0 Å². The number of rotatable bonds is 34. The highest BCUT2D eigenvalue weighted by Gasteiger charge is 2.34. The quantitative estimate of drug-likeness (QED) is 0.0232. The fraction of sp³-hybridized carbons (Fsp3) is 0.396. The third-order valence-electron chi connectivity index (χ3n) is 12.4. The van der Waals surface area contributed by atoms with Gasteiger partial charge in [-0.2, -0.15) is 11.8 Å². The number of hydrogen-bond acceptors (Lipinski definition) is 15. The van der Waals surface area contributed by atoms with E-state index in [1.165, 1.54) is 43.0 Å². The molecule has 1 heterocycles. The minimum Gasteiger partial charge on any atom is -0.508 e. The summed E-state index contributed by atoms with van der Waals surface area (Å²) in [5, 5.41) is 48.6. The lowest BCUT2D eigenvalue weighted by molar-refractivity contribution is -0.139. The molecule has 8 atom stereocenters. The summed E-state index contributed by atoms with van der Waals surface area (Å²) < 4.78 is 0. The highest BCUT2D eigenvalue weighted by atomic mass is 32.2. The zero-order chi connectivity index (χ0) is 59.8. The van der Waals surface area contributed by atoms with Crippen molar-refractivity contribution in [2.75, 3.05) is 18.6 Å². The summed E-state index contributed by atoms with van der Waals surface area (Å²) in [6.07, 6.45) is 0.390. The highest BCUT2D eigenvalue weighted by molar-refractivity contribution is 7.98. The van der Waals surface area contributed by atoms with Crippen molar-refractivity contribution in [2.45, 2.75) is 113 Å². The van der Waals surface area contributed by atoms with E-state index in [0.29, 0.717) is 33.3 Å². The van der Waals surface area contributed by atoms with Crippen LogP contribution in [-0.2, 0) is 76.8 Å². The number of nitrogens with one attached hydrogen (secondary N) is 9. The Morgan fingerprint density at radius 2 is 1.07 bits per heavy atom. The van der Waals surface area contributed by atoms with E-state index in [1.807, 2.05) is 0 Å². The summed E-state index contributed by atoms with van der Waals surface area (Å²) in [6.45, 7) is 0.436. The fourth-order valence-corrected chi connectivity index (χ4v) is 8.52. The monoisotopic (exact) mass is 1140 g/mol. The van der Waals surface area contributed by atoms with Gasteiger partial charge in [0.25, 0.3) is 0 Å². The molecule has 0 aliphatic heterocycles. The van der Waals surface area contributed by atoms with Crippen LogP contribution in [0.3, 0.4) is 0 Å². The van der Waals surface area contributed by atoms with Crippen molar-refractivity contribution in [2.24, 2.45) is 17.2 Å². The van der Waals surface area contributed by atoms with E-state index in [2.05, 4.69) is 47.5 Å². The Morgan fingerprint density at radius 1 is 0.556 bits per heavy atom. The van der Waals surface area contributed by atoms with Crippen LogP contribution in [-0.4, -0.2) is 158 Å². The molecule has 4 aromatic rings. The number of nitrogens with two attached hydrogens (primary N) is 3. The number of carbonyl (C=O) groups excluding carboxylic acids is 10. The van der Waals surface area contributed by atoms with Gasteiger partial charge in [-0.1, -0.05) is 60.7 Å². The number of aliphatic carboxylic acids is 2. The van der Waals surface area contributed by atoms with Crippen LogP contribution >= 0.6 is 11.8 Å². The SMILES string of the molecule is CSCC[C@H](NC(=O)[C@H](Cc1c[nH]c2ccccc12)NC(=O)CNC(=O)[C@H](Cc1ccc(O)cc1)NC(=O)[C@H](C)NC(=O)[C@H](CCC(=O)O)NC(=O)[C@@H](N)CCC(=O)O)C(=O)N[C@@H](CC(N)=O)C(=O)N[C@@H](Cc1ccccc1)C(N)=O. The molecule has 4 rings (SSSR count). The largest absolute Gasteiger partial charge is 0.508 e. The van der Waals surface area contributed by atoms with Crippen molar-refractivity contribution in [3.05, 3.63) is 102 Å². The molecule has 10 amide bonds. The number of aromatic hydroxyl groups is 1. The van der Waals surface area contributed by atoms with Crippen molar-refractivity contribution >= 4 is 93.7 Å². The predicted molar refractivity (Wildman–Crippen MR) is 294 cm³/mol. The van der Waals surface area contributed by atoms with E-state index in [1.54, 1.807) is 67.0 Å². The molecule has 0 bridgehead atoms. The Kier molecular flexibility index (Phi) is 25.6. The Labute approximate surface area is 468 Å². The molecule has 0 fully saturated rings. The van der Waals surface area contributed by atoms with Gasteiger partial charge in [0.05, 0.1) is 19.0 Å². The van der Waals surface area contributed by atoms with E-state index >= 15 is 0 Å². The predicted octanol–water partition coefficient (Wildman–Crippen LogP) is -2.40. The summed E-state index contributed by atoms with van der Waals surface area (Å²) in [4.78, 5) is 160. The average molecular weight is 1150 g/mol. The van der Waals surface area contributed by atoms with Gasteiger partial charge in [-0.25, -0.2) is 0 Å². The molecule has 27 nitrogen and oxygen atoms in total. The van der Waals surface area contributed by atoms with Crippen LogP contribution in [0.15, 0.2) is 85.1 Å². The van der Waals surface area contributed by atoms with Crippen LogP contribution in [0.5, 0.6) is 5.75 Å². The van der Waals surface area contributed by atoms with Crippen LogP contribution in [0.1, 0.15) is 62.1 Å². The van der Waals surface area contributed by atoms with Gasteiger partial charge < -0.3 is 80.0 Å². The number of carboxylic acid groups (broad SMARTS) is 2. The number of phenolic OH excluding ortho intramolecular Hbond substituents is 1. The number of fused-ring (bicyclic) bond motifs is 1. The van der Waals surface area contributed by atoms with E-state index in [-0.39, 0.29) is 37.9 Å². The Hall–Kier alpha value is -9.05. The molecule has 0 aliphatic rings. The third kappa shape index (κ3) is 22.0. The summed E-state index contributed by atoms with van der Waals surface area (Å²) in [7, 11) is 0. The molecule has 0 unspecified atom stereocenters. The minimum atomic E-state index is -1.62. The molecule has 0 aliphatic carbocycles. The molecule has 436 valence electrons. The number of aromatic amines is 1. The van der Waals surface area contributed by atoms with Gasteiger partial charge in [0.1, 0.15) is 48.0 Å². The van der Waals surface area contributed by atoms with Crippen LogP contribution < -0.4 is 59.7 Å². The van der Waals surface area contributed by atoms with Gasteiger partial charge >= 0.3 is 11.9 Å². The maximum Gasteiger partial charge on any atom is 0.303 e. The standard InChI is InChI=1S/C53H68N12O15S/c1-28(59-50(77)36(17-19-45(71)72)61-48(75)34(54)16-18-44(69)70)47(74)64-39(23-30-12-14-32(66)15-13-30)49(76)58-27-43(68)60-40(24-31-26-57-35-11-7-6-10-33(31)35)52(79)62-37(20-21-81-2)51(78)65-41(25-42(55)67)53(80)63-38(46(56)73)22-29-8-4-3-5-9-29/h3-15,26,28,34,36-41,57,66H,16-25,27,54H2,1-2H3,(H2,55,67)(H2,56,73)(H,58,76)(H,59,77)(H,60,68)(H,61,75)(H,62,79)(H,63,80)(H,64,74)(H,65,78)(H,69,70)(H,71,72)/t28-,34-,36-,37-,38-,39-,40-,41-/m0/s1. The van der Waals surface area contributed by atoms with Crippen molar-refractivity contribution in [3.8, 4) is 5.75 Å². The summed E-state index contributed by atoms with van der Waals surface area (Å²) in [6, 6.07) is 9.69. The van der Waals surface area contributed by atoms with Gasteiger partial charge in [0.15, 0.2) is 0 Å². The van der Waals surface area contributed by atoms with Crippen molar-refractivity contribution in [1.82, 2.24) is 47.5 Å². The molecule has 0 radical (unpaired) electrons.